The van der Waals surface area contributed by atoms with Crippen LogP contribution < -0.4 is 0 Å². The third-order valence-electron chi connectivity index (χ3n) is 3.72. The molecule has 0 spiro atoms. The molecular formula is C16H27N3O. The van der Waals surface area contributed by atoms with Crippen molar-refractivity contribution in [1.82, 2.24) is 14.8 Å². The minimum Gasteiger partial charge on any atom is -0.380 e. The van der Waals surface area contributed by atoms with Crippen LogP contribution in [-0.4, -0.2) is 61.7 Å². The average Bonchev–Trinajstić information content (AvgIpc) is 2.64. The molecule has 2 rings (SSSR count). The third-order valence-corrected chi connectivity index (χ3v) is 3.72. The van der Waals surface area contributed by atoms with Gasteiger partial charge in [-0.3, -0.25) is 9.88 Å². The molecule has 1 aromatic rings. The molecule has 20 heavy (non-hydrogen) atoms. The maximum Gasteiger partial charge on any atom is 0.0593 e. The van der Waals surface area contributed by atoms with Gasteiger partial charge in [0.05, 0.1) is 18.9 Å². The fourth-order valence-corrected chi connectivity index (χ4v) is 2.71. The van der Waals surface area contributed by atoms with Gasteiger partial charge in [-0.25, -0.2) is 0 Å². The third kappa shape index (κ3) is 4.85. The molecule has 1 atom stereocenters. The first-order valence-corrected chi connectivity index (χ1v) is 7.56. The predicted octanol–water partition coefficient (Wildman–Crippen LogP) is 1.65. The maximum absolute atomic E-state index is 5.72. The summed E-state index contributed by atoms with van der Waals surface area (Å²) in [4.78, 5) is 9.28. The molecule has 0 bridgehead atoms. The summed E-state index contributed by atoms with van der Waals surface area (Å²) in [6.07, 6.45) is 3.05. The summed E-state index contributed by atoms with van der Waals surface area (Å²) in [5.41, 5.74) is 2.46. The monoisotopic (exact) mass is 277 g/mol. The van der Waals surface area contributed by atoms with Crippen LogP contribution in [0.25, 0.3) is 0 Å². The van der Waals surface area contributed by atoms with Crippen molar-refractivity contribution < 1.29 is 4.74 Å². The van der Waals surface area contributed by atoms with E-state index in [1.165, 1.54) is 5.56 Å². The largest absolute Gasteiger partial charge is 0.380 e. The summed E-state index contributed by atoms with van der Waals surface area (Å²) in [7, 11) is 4.25. The highest BCUT2D eigenvalue weighted by Gasteiger charge is 2.19. The van der Waals surface area contributed by atoms with Crippen LogP contribution in [-0.2, 0) is 17.7 Å². The highest BCUT2D eigenvalue weighted by Crippen LogP contribution is 2.11. The molecule has 4 nitrogen and oxygen atoms in total. The van der Waals surface area contributed by atoms with Crippen LogP contribution in [0.15, 0.2) is 18.3 Å². The second-order valence-electron chi connectivity index (χ2n) is 5.95. The quantitative estimate of drug-likeness (QED) is 0.818. The number of nitrogens with zero attached hydrogens (tertiary/aromatic N) is 3. The number of aryl methyl sites for hydroxylation is 1. The van der Waals surface area contributed by atoms with Gasteiger partial charge in [0.2, 0.25) is 0 Å². The zero-order valence-corrected chi connectivity index (χ0v) is 13.0. The Hall–Kier alpha value is -0.970. The minimum absolute atomic E-state index is 0.586. The molecule has 0 radical (unpaired) electrons. The summed E-state index contributed by atoms with van der Waals surface area (Å²) in [6, 6.07) is 4.35. The molecule has 0 aliphatic carbocycles. The summed E-state index contributed by atoms with van der Waals surface area (Å²) in [5.74, 6) is 0.586. The lowest BCUT2D eigenvalue weighted by molar-refractivity contribution is 0.112. The maximum atomic E-state index is 5.72. The first-order chi connectivity index (χ1) is 9.67. The summed E-state index contributed by atoms with van der Waals surface area (Å²) in [6.45, 7) is 7.97. The van der Waals surface area contributed by atoms with Crippen molar-refractivity contribution in [3.05, 3.63) is 29.6 Å². The van der Waals surface area contributed by atoms with Gasteiger partial charge in [-0.05, 0) is 32.1 Å². The van der Waals surface area contributed by atoms with E-state index in [-0.39, 0.29) is 0 Å². The van der Waals surface area contributed by atoms with Crippen LogP contribution in [0, 0.1) is 5.92 Å². The Balaban J connectivity index is 1.92. The molecule has 1 aliphatic rings. The molecule has 1 aromatic heterocycles. The number of rotatable bonds is 5. The molecule has 0 amide bonds. The highest BCUT2D eigenvalue weighted by atomic mass is 16.5. The zero-order chi connectivity index (χ0) is 14.4. The zero-order valence-electron chi connectivity index (χ0n) is 13.0. The molecule has 0 unspecified atom stereocenters. The van der Waals surface area contributed by atoms with Gasteiger partial charge in [-0.1, -0.05) is 13.0 Å². The Morgan fingerprint density at radius 3 is 2.90 bits per heavy atom. The molecule has 1 fully saturated rings. The van der Waals surface area contributed by atoms with Gasteiger partial charge in [-0.2, -0.15) is 0 Å². The molecule has 1 saturated heterocycles. The standard InChI is InChI=1S/C16H27N3O/c1-4-14-5-6-16(17-9-14)12-19-7-8-20-13-15(11-19)10-18(2)3/h5-6,9,15H,4,7-8,10-13H2,1-3H3/t15-/m0/s1. The number of ether oxygens (including phenoxy) is 1. The lowest BCUT2D eigenvalue weighted by atomic mass is 10.1. The second kappa shape index (κ2) is 7.72. The van der Waals surface area contributed by atoms with Crippen LogP contribution in [0.3, 0.4) is 0 Å². The van der Waals surface area contributed by atoms with E-state index in [1.807, 2.05) is 6.20 Å². The Bertz CT molecular complexity index is 391. The molecular weight excluding hydrogens is 250 g/mol. The lowest BCUT2D eigenvalue weighted by Gasteiger charge is -2.25. The molecule has 0 N–H and O–H groups in total. The van der Waals surface area contributed by atoms with E-state index in [2.05, 4.69) is 47.9 Å². The van der Waals surface area contributed by atoms with Gasteiger partial charge in [0.15, 0.2) is 0 Å². The fourth-order valence-electron chi connectivity index (χ4n) is 2.71. The molecule has 0 aromatic carbocycles. The molecule has 1 aliphatic heterocycles. The number of hydrogen-bond donors (Lipinski definition) is 0. The number of aromatic nitrogens is 1. The van der Waals surface area contributed by atoms with Crippen molar-refractivity contribution in [2.45, 2.75) is 19.9 Å². The van der Waals surface area contributed by atoms with Crippen molar-refractivity contribution in [2.24, 2.45) is 5.92 Å². The van der Waals surface area contributed by atoms with Gasteiger partial charge < -0.3 is 9.64 Å². The minimum atomic E-state index is 0.586. The van der Waals surface area contributed by atoms with Crippen molar-refractivity contribution in [1.29, 1.82) is 0 Å². The Kier molecular flexibility index (Phi) is 5.95. The predicted molar refractivity (Wildman–Crippen MR) is 81.8 cm³/mol. The first-order valence-electron chi connectivity index (χ1n) is 7.56. The van der Waals surface area contributed by atoms with E-state index in [0.29, 0.717) is 5.92 Å². The summed E-state index contributed by atoms with van der Waals surface area (Å²) >= 11 is 0. The van der Waals surface area contributed by atoms with Crippen LogP contribution in [0.1, 0.15) is 18.2 Å². The second-order valence-corrected chi connectivity index (χ2v) is 5.95. The van der Waals surface area contributed by atoms with E-state index in [0.717, 1.165) is 51.5 Å². The average molecular weight is 277 g/mol. The summed E-state index contributed by atoms with van der Waals surface area (Å²) < 4.78 is 5.72. The molecule has 0 saturated carbocycles. The Morgan fingerprint density at radius 2 is 2.25 bits per heavy atom. The topological polar surface area (TPSA) is 28.6 Å². The first kappa shape index (κ1) is 15.4. The Morgan fingerprint density at radius 1 is 1.40 bits per heavy atom. The van der Waals surface area contributed by atoms with E-state index in [9.17, 15) is 0 Å². The molecule has 112 valence electrons. The molecule has 4 heteroatoms. The lowest BCUT2D eigenvalue weighted by Crippen LogP contribution is -2.34. The van der Waals surface area contributed by atoms with E-state index in [4.69, 9.17) is 4.74 Å². The summed E-state index contributed by atoms with van der Waals surface area (Å²) in [5, 5.41) is 0. The fraction of sp³-hybridized carbons (Fsp3) is 0.688. The van der Waals surface area contributed by atoms with E-state index < -0.39 is 0 Å². The van der Waals surface area contributed by atoms with Gasteiger partial charge in [0.1, 0.15) is 0 Å². The van der Waals surface area contributed by atoms with E-state index >= 15 is 0 Å². The van der Waals surface area contributed by atoms with Gasteiger partial charge in [0, 0.05) is 38.3 Å². The van der Waals surface area contributed by atoms with Crippen molar-refractivity contribution in [2.75, 3.05) is 46.9 Å². The highest BCUT2D eigenvalue weighted by molar-refractivity contribution is 5.13. The number of pyridine rings is 1. The van der Waals surface area contributed by atoms with Gasteiger partial charge in [-0.15, -0.1) is 0 Å². The van der Waals surface area contributed by atoms with Crippen molar-refractivity contribution in [3.63, 3.8) is 0 Å². The van der Waals surface area contributed by atoms with Crippen LogP contribution in [0.2, 0.25) is 0 Å². The van der Waals surface area contributed by atoms with Gasteiger partial charge >= 0.3 is 0 Å². The normalized spacial score (nSPS) is 21.1. The van der Waals surface area contributed by atoms with Gasteiger partial charge in [0.25, 0.3) is 0 Å². The van der Waals surface area contributed by atoms with Crippen LogP contribution in [0.5, 0.6) is 0 Å². The SMILES string of the molecule is CCc1ccc(CN2CCOC[C@@H](CN(C)C)C2)nc1. The van der Waals surface area contributed by atoms with Crippen molar-refractivity contribution >= 4 is 0 Å². The van der Waals surface area contributed by atoms with E-state index in [1.54, 1.807) is 0 Å². The van der Waals surface area contributed by atoms with Crippen LogP contribution in [0.4, 0.5) is 0 Å². The Labute approximate surface area is 122 Å². The van der Waals surface area contributed by atoms with Crippen molar-refractivity contribution in [3.8, 4) is 0 Å². The number of hydrogen-bond acceptors (Lipinski definition) is 4. The smallest absolute Gasteiger partial charge is 0.0593 e. The van der Waals surface area contributed by atoms with Crippen LogP contribution >= 0.6 is 0 Å². The molecule has 2 heterocycles.